The lowest BCUT2D eigenvalue weighted by atomic mass is 10.1. The first kappa shape index (κ1) is 13.1. The quantitative estimate of drug-likeness (QED) is 0.927. The molecule has 2 heterocycles. The van der Waals surface area contributed by atoms with E-state index in [1.165, 1.54) is 18.4 Å². The standard InChI is InChI=1S/C16H19N3O/c1-12-4-6-14(7-5-12)20-15-10-18-16(19-11-15)9-13-3-2-8-17-13/h4-7,10-11,13,17H,2-3,8-9H2,1H3. The number of ether oxygens (including phenoxy) is 1. The molecule has 0 aliphatic carbocycles. The van der Waals surface area contributed by atoms with E-state index in [2.05, 4.69) is 22.2 Å². The van der Waals surface area contributed by atoms with E-state index in [0.29, 0.717) is 11.8 Å². The lowest BCUT2D eigenvalue weighted by Crippen LogP contribution is -2.24. The number of hydrogen-bond donors (Lipinski definition) is 1. The number of aryl methyl sites for hydroxylation is 1. The maximum absolute atomic E-state index is 5.72. The molecule has 0 radical (unpaired) electrons. The van der Waals surface area contributed by atoms with Crippen LogP contribution in [0.15, 0.2) is 36.7 Å². The molecule has 0 saturated carbocycles. The molecule has 1 fully saturated rings. The van der Waals surface area contributed by atoms with Crippen molar-refractivity contribution in [1.82, 2.24) is 15.3 Å². The largest absolute Gasteiger partial charge is 0.454 e. The lowest BCUT2D eigenvalue weighted by molar-refractivity contribution is 0.475. The Balaban J connectivity index is 1.62. The number of hydrogen-bond acceptors (Lipinski definition) is 4. The SMILES string of the molecule is Cc1ccc(Oc2cnc(CC3CCCN3)nc2)cc1. The third-order valence-corrected chi connectivity index (χ3v) is 3.53. The first-order chi connectivity index (χ1) is 9.79. The molecule has 4 heteroatoms. The summed E-state index contributed by atoms with van der Waals surface area (Å²) < 4.78 is 5.72. The fourth-order valence-electron chi connectivity index (χ4n) is 2.39. The molecule has 1 aliphatic rings. The molecule has 0 amide bonds. The van der Waals surface area contributed by atoms with Gasteiger partial charge in [0.25, 0.3) is 0 Å². The molecule has 1 N–H and O–H groups in total. The molecule has 1 aliphatic heterocycles. The number of nitrogens with zero attached hydrogens (tertiary/aromatic N) is 2. The van der Waals surface area contributed by atoms with Gasteiger partial charge in [-0.15, -0.1) is 0 Å². The van der Waals surface area contributed by atoms with Crippen LogP contribution >= 0.6 is 0 Å². The van der Waals surface area contributed by atoms with Crippen LogP contribution in [-0.4, -0.2) is 22.6 Å². The molecular weight excluding hydrogens is 250 g/mol. The first-order valence-electron chi connectivity index (χ1n) is 7.08. The van der Waals surface area contributed by atoms with Gasteiger partial charge in [-0.25, -0.2) is 9.97 Å². The molecule has 1 atom stereocenters. The molecule has 4 nitrogen and oxygen atoms in total. The van der Waals surface area contributed by atoms with Crippen molar-refractivity contribution in [2.24, 2.45) is 0 Å². The average Bonchev–Trinajstić information content (AvgIpc) is 2.96. The Morgan fingerprint density at radius 3 is 2.55 bits per heavy atom. The highest BCUT2D eigenvalue weighted by Crippen LogP contribution is 2.20. The maximum Gasteiger partial charge on any atom is 0.164 e. The number of aromatic nitrogens is 2. The Kier molecular flexibility index (Phi) is 3.92. The van der Waals surface area contributed by atoms with Gasteiger partial charge in [0.15, 0.2) is 5.75 Å². The zero-order valence-corrected chi connectivity index (χ0v) is 11.7. The predicted octanol–water partition coefficient (Wildman–Crippen LogP) is 2.87. The van der Waals surface area contributed by atoms with Crippen LogP contribution in [0.5, 0.6) is 11.5 Å². The molecular formula is C16H19N3O. The van der Waals surface area contributed by atoms with Gasteiger partial charge in [-0.3, -0.25) is 0 Å². The highest BCUT2D eigenvalue weighted by Gasteiger charge is 2.15. The Bertz CT molecular complexity index is 545. The molecule has 20 heavy (non-hydrogen) atoms. The van der Waals surface area contributed by atoms with Crippen LogP contribution in [0, 0.1) is 6.92 Å². The number of rotatable bonds is 4. The van der Waals surface area contributed by atoms with Crippen LogP contribution in [-0.2, 0) is 6.42 Å². The maximum atomic E-state index is 5.72. The van der Waals surface area contributed by atoms with Crippen LogP contribution < -0.4 is 10.1 Å². The lowest BCUT2D eigenvalue weighted by Gasteiger charge is -2.09. The molecule has 1 aromatic carbocycles. The normalized spacial score (nSPS) is 18.1. The van der Waals surface area contributed by atoms with Crippen molar-refractivity contribution in [3.05, 3.63) is 48.0 Å². The van der Waals surface area contributed by atoms with E-state index >= 15 is 0 Å². The zero-order valence-electron chi connectivity index (χ0n) is 11.7. The Morgan fingerprint density at radius 1 is 1.15 bits per heavy atom. The molecule has 1 aromatic heterocycles. The molecule has 1 unspecified atom stereocenters. The summed E-state index contributed by atoms with van der Waals surface area (Å²) in [7, 11) is 0. The van der Waals surface area contributed by atoms with Gasteiger partial charge in [-0.05, 0) is 38.4 Å². The Morgan fingerprint density at radius 2 is 1.90 bits per heavy atom. The third-order valence-electron chi connectivity index (χ3n) is 3.53. The van der Waals surface area contributed by atoms with Crippen molar-refractivity contribution in [3.8, 4) is 11.5 Å². The van der Waals surface area contributed by atoms with Gasteiger partial charge >= 0.3 is 0 Å². The van der Waals surface area contributed by atoms with Crippen LogP contribution in [0.1, 0.15) is 24.2 Å². The first-order valence-corrected chi connectivity index (χ1v) is 7.08. The van der Waals surface area contributed by atoms with Gasteiger partial charge in [0.05, 0.1) is 12.4 Å². The second-order valence-corrected chi connectivity index (χ2v) is 5.25. The molecule has 0 bridgehead atoms. The van der Waals surface area contributed by atoms with Crippen LogP contribution in [0.3, 0.4) is 0 Å². The minimum atomic E-state index is 0.527. The molecule has 104 valence electrons. The third kappa shape index (κ3) is 3.33. The summed E-state index contributed by atoms with van der Waals surface area (Å²) in [5, 5.41) is 3.45. The molecule has 1 saturated heterocycles. The molecule has 3 rings (SSSR count). The smallest absolute Gasteiger partial charge is 0.164 e. The second-order valence-electron chi connectivity index (χ2n) is 5.25. The van der Waals surface area contributed by atoms with Crippen LogP contribution in [0.4, 0.5) is 0 Å². The van der Waals surface area contributed by atoms with E-state index in [-0.39, 0.29) is 0 Å². The predicted molar refractivity (Wildman–Crippen MR) is 78.0 cm³/mol. The van der Waals surface area contributed by atoms with Gasteiger partial charge in [0.1, 0.15) is 11.6 Å². The van der Waals surface area contributed by atoms with E-state index in [1.54, 1.807) is 12.4 Å². The van der Waals surface area contributed by atoms with E-state index in [1.807, 2.05) is 24.3 Å². The summed E-state index contributed by atoms with van der Waals surface area (Å²) in [5.74, 6) is 2.36. The van der Waals surface area contributed by atoms with Gasteiger partial charge in [0.2, 0.25) is 0 Å². The van der Waals surface area contributed by atoms with E-state index in [4.69, 9.17) is 4.74 Å². The Hall–Kier alpha value is -1.94. The number of nitrogens with one attached hydrogen (secondary N) is 1. The van der Waals surface area contributed by atoms with Crippen molar-refractivity contribution in [2.75, 3.05) is 6.54 Å². The number of benzene rings is 1. The van der Waals surface area contributed by atoms with Gasteiger partial charge < -0.3 is 10.1 Å². The van der Waals surface area contributed by atoms with Crippen molar-refractivity contribution in [2.45, 2.75) is 32.2 Å². The van der Waals surface area contributed by atoms with Gasteiger partial charge in [-0.2, -0.15) is 0 Å². The fourth-order valence-corrected chi connectivity index (χ4v) is 2.39. The van der Waals surface area contributed by atoms with E-state index in [9.17, 15) is 0 Å². The highest BCUT2D eigenvalue weighted by molar-refractivity contribution is 5.30. The average molecular weight is 269 g/mol. The Labute approximate surface area is 119 Å². The van der Waals surface area contributed by atoms with Crippen LogP contribution in [0.25, 0.3) is 0 Å². The molecule has 0 spiro atoms. The highest BCUT2D eigenvalue weighted by atomic mass is 16.5. The monoisotopic (exact) mass is 269 g/mol. The zero-order chi connectivity index (χ0) is 13.8. The van der Waals surface area contributed by atoms with E-state index in [0.717, 1.165) is 24.5 Å². The molecule has 2 aromatic rings. The van der Waals surface area contributed by atoms with Crippen molar-refractivity contribution in [1.29, 1.82) is 0 Å². The van der Waals surface area contributed by atoms with Gasteiger partial charge in [0, 0.05) is 12.5 Å². The van der Waals surface area contributed by atoms with E-state index < -0.39 is 0 Å². The summed E-state index contributed by atoms with van der Waals surface area (Å²) in [6.07, 6.45) is 6.85. The second kappa shape index (κ2) is 6.01. The summed E-state index contributed by atoms with van der Waals surface area (Å²) in [4.78, 5) is 8.76. The summed E-state index contributed by atoms with van der Waals surface area (Å²) in [5.41, 5.74) is 1.22. The van der Waals surface area contributed by atoms with Crippen molar-refractivity contribution in [3.63, 3.8) is 0 Å². The van der Waals surface area contributed by atoms with Crippen LogP contribution in [0.2, 0.25) is 0 Å². The van der Waals surface area contributed by atoms with Crippen molar-refractivity contribution < 1.29 is 4.74 Å². The van der Waals surface area contributed by atoms with Crippen molar-refractivity contribution >= 4 is 0 Å². The summed E-state index contributed by atoms with van der Waals surface area (Å²) in [6.45, 7) is 3.16. The minimum absolute atomic E-state index is 0.527. The summed E-state index contributed by atoms with van der Waals surface area (Å²) >= 11 is 0. The summed E-state index contributed by atoms with van der Waals surface area (Å²) in [6, 6.07) is 8.48. The fraction of sp³-hybridized carbons (Fsp3) is 0.375. The topological polar surface area (TPSA) is 47.0 Å². The van der Waals surface area contributed by atoms with Gasteiger partial charge in [-0.1, -0.05) is 17.7 Å². The minimum Gasteiger partial charge on any atom is -0.454 e.